The second-order valence-electron chi connectivity index (χ2n) is 4.83. The number of aliphatic hydroxyl groups is 2. The largest absolute Gasteiger partial charge is 0.468 e. The van der Waals surface area contributed by atoms with Gasteiger partial charge in [0.2, 0.25) is 0 Å². The van der Waals surface area contributed by atoms with Gasteiger partial charge in [0.25, 0.3) is 0 Å². The molecule has 5 nitrogen and oxygen atoms in total. The highest BCUT2D eigenvalue weighted by molar-refractivity contribution is 4.85. The minimum Gasteiger partial charge on any atom is -0.468 e. The Bertz CT molecular complexity index is 251. The summed E-state index contributed by atoms with van der Waals surface area (Å²) >= 11 is 0. The predicted molar refractivity (Wildman–Crippen MR) is 80.3 cm³/mol. The van der Waals surface area contributed by atoms with Crippen LogP contribution in [-0.4, -0.2) is 48.3 Å². The molecule has 0 aromatic heterocycles. The summed E-state index contributed by atoms with van der Waals surface area (Å²) in [6.45, 7) is 16.7. The average molecular weight is 290 g/mol. The molecule has 0 aromatic rings. The third kappa shape index (κ3) is 19.5. The van der Waals surface area contributed by atoms with Crippen LogP contribution in [0.4, 0.5) is 0 Å². The van der Waals surface area contributed by atoms with E-state index in [1.54, 1.807) is 27.7 Å². The minimum absolute atomic E-state index is 0.0170. The van der Waals surface area contributed by atoms with E-state index in [1.807, 2.05) is 6.92 Å². The Kier molecular flexibility index (Phi) is 14.1. The Morgan fingerprint density at radius 2 is 1.40 bits per heavy atom. The van der Waals surface area contributed by atoms with Crippen LogP contribution >= 0.6 is 0 Å². The Labute approximate surface area is 122 Å². The Morgan fingerprint density at radius 1 is 0.950 bits per heavy atom. The van der Waals surface area contributed by atoms with Crippen LogP contribution in [0.3, 0.4) is 0 Å². The van der Waals surface area contributed by atoms with Gasteiger partial charge in [-0.25, -0.2) is 0 Å². The molecule has 0 heterocycles. The molecule has 0 aliphatic rings. The van der Waals surface area contributed by atoms with Gasteiger partial charge in [0, 0.05) is 0 Å². The lowest BCUT2D eigenvalue weighted by Gasteiger charge is -2.16. The molecule has 0 rings (SSSR count). The fraction of sp³-hybridized carbons (Fsp3) is 0.733. The first-order chi connectivity index (χ1) is 9.18. The number of allylic oxidation sites excluding steroid dienone is 2. The summed E-state index contributed by atoms with van der Waals surface area (Å²) in [6, 6.07) is 0. The molecule has 3 atom stereocenters. The van der Waals surface area contributed by atoms with Crippen LogP contribution in [0.15, 0.2) is 24.7 Å². The first-order valence-corrected chi connectivity index (χ1v) is 6.70. The van der Waals surface area contributed by atoms with E-state index < -0.39 is 6.10 Å². The SMILES string of the molecule is C=C(C)OC(=C)C.CC(O)COC(C)COC(C)CO. The first kappa shape index (κ1) is 21.4. The van der Waals surface area contributed by atoms with Crippen molar-refractivity contribution in [3.63, 3.8) is 0 Å². The molecule has 0 radical (unpaired) electrons. The number of aliphatic hydroxyl groups excluding tert-OH is 2. The van der Waals surface area contributed by atoms with Gasteiger partial charge in [0.15, 0.2) is 0 Å². The van der Waals surface area contributed by atoms with Crippen molar-refractivity contribution in [2.75, 3.05) is 19.8 Å². The van der Waals surface area contributed by atoms with Crippen molar-refractivity contribution in [1.29, 1.82) is 0 Å². The summed E-state index contributed by atoms with van der Waals surface area (Å²) < 4.78 is 15.3. The summed E-state index contributed by atoms with van der Waals surface area (Å²) in [4.78, 5) is 0. The summed E-state index contributed by atoms with van der Waals surface area (Å²) in [6.07, 6.45) is -0.654. The molecule has 20 heavy (non-hydrogen) atoms. The molecule has 0 aliphatic carbocycles. The highest BCUT2D eigenvalue weighted by atomic mass is 16.5. The maximum atomic E-state index is 8.92. The second-order valence-corrected chi connectivity index (χ2v) is 4.83. The fourth-order valence-corrected chi connectivity index (χ4v) is 1.00. The number of hydrogen-bond acceptors (Lipinski definition) is 5. The van der Waals surface area contributed by atoms with E-state index in [-0.39, 0.29) is 18.8 Å². The number of ether oxygens (including phenoxy) is 3. The third-order valence-electron chi connectivity index (χ3n) is 1.84. The topological polar surface area (TPSA) is 68.2 Å². The van der Waals surface area contributed by atoms with E-state index in [4.69, 9.17) is 24.4 Å². The van der Waals surface area contributed by atoms with Gasteiger partial charge in [-0.1, -0.05) is 13.2 Å². The molecule has 0 amide bonds. The summed E-state index contributed by atoms with van der Waals surface area (Å²) in [7, 11) is 0. The van der Waals surface area contributed by atoms with Gasteiger partial charge in [0.1, 0.15) is 0 Å². The van der Waals surface area contributed by atoms with Crippen molar-refractivity contribution in [2.45, 2.75) is 52.9 Å². The molecule has 0 saturated heterocycles. The zero-order chi connectivity index (χ0) is 16.1. The molecular weight excluding hydrogens is 260 g/mol. The molecule has 0 fully saturated rings. The molecule has 3 unspecified atom stereocenters. The summed E-state index contributed by atoms with van der Waals surface area (Å²) in [5.41, 5.74) is 0. The van der Waals surface area contributed by atoms with Gasteiger partial charge in [0.05, 0.1) is 49.7 Å². The normalized spacial score (nSPS) is 14.6. The van der Waals surface area contributed by atoms with Crippen molar-refractivity contribution in [3.05, 3.63) is 24.7 Å². The second kappa shape index (κ2) is 13.1. The highest BCUT2D eigenvalue weighted by Crippen LogP contribution is 1.98. The van der Waals surface area contributed by atoms with E-state index in [0.717, 1.165) is 0 Å². The molecule has 5 heteroatoms. The van der Waals surface area contributed by atoms with Crippen molar-refractivity contribution in [3.8, 4) is 0 Å². The molecule has 2 N–H and O–H groups in total. The third-order valence-corrected chi connectivity index (χ3v) is 1.84. The van der Waals surface area contributed by atoms with Gasteiger partial charge in [-0.05, 0) is 34.6 Å². The van der Waals surface area contributed by atoms with E-state index in [2.05, 4.69) is 13.2 Å². The smallest absolute Gasteiger partial charge is 0.0933 e. The lowest BCUT2D eigenvalue weighted by atomic mass is 10.4. The van der Waals surface area contributed by atoms with E-state index in [0.29, 0.717) is 24.7 Å². The standard InChI is InChI=1S/C9H20O4.C6H10O/c1-7(11)5-12-9(3)6-13-8(2)4-10;1-5(2)7-6(3)4/h7-11H,4-6H2,1-3H3;1,3H2,2,4H3. The molecule has 0 aliphatic heterocycles. The molecule has 0 saturated carbocycles. The lowest BCUT2D eigenvalue weighted by Crippen LogP contribution is -2.24. The maximum Gasteiger partial charge on any atom is 0.0933 e. The van der Waals surface area contributed by atoms with Gasteiger partial charge >= 0.3 is 0 Å². The summed E-state index contributed by atoms with van der Waals surface area (Å²) in [5, 5.41) is 17.6. The molecule has 0 aromatic carbocycles. The van der Waals surface area contributed by atoms with Crippen LogP contribution in [0.5, 0.6) is 0 Å². The van der Waals surface area contributed by atoms with Crippen LogP contribution < -0.4 is 0 Å². The van der Waals surface area contributed by atoms with Crippen molar-refractivity contribution in [1.82, 2.24) is 0 Å². The van der Waals surface area contributed by atoms with Crippen LogP contribution in [0.2, 0.25) is 0 Å². The van der Waals surface area contributed by atoms with Crippen molar-refractivity contribution < 1.29 is 24.4 Å². The van der Waals surface area contributed by atoms with Gasteiger partial charge in [-0.15, -0.1) is 0 Å². The van der Waals surface area contributed by atoms with E-state index in [1.165, 1.54) is 0 Å². The predicted octanol–water partition coefficient (Wildman–Crippen LogP) is 2.24. The van der Waals surface area contributed by atoms with E-state index >= 15 is 0 Å². The maximum absolute atomic E-state index is 8.92. The van der Waals surface area contributed by atoms with Crippen LogP contribution in [0, 0.1) is 0 Å². The fourth-order valence-electron chi connectivity index (χ4n) is 1.00. The Hall–Kier alpha value is -0.880. The van der Waals surface area contributed by atoms with Crippen molar-refractivity contribution in [2.24, 2.45) is 0 Å². The van der Waals surface area contributed by atoms with Gasteiger partial charge in [-0.3, -0.25) is 0 Å². The van der Waals surface area contributed by atoms with Gasteiger partial charge in [-0.2, -0.15) is 0 Å². The monoisotopic (exact) mass is 290 g/mol. The Morgan fingerprint density at radius 3 is 1.70 bits per heavy atom. The molecule has 120 valence electrons. The van der Waals surface area contributed by atoms with Crippen LogP contribution in [-0.2, 0) is 14.2 Å². The summed E-state index contributed by atoms with van der Waals surface area (Å²) in [5.74, 6) is 1.38. The lowest BCUT2D eigenvalue weighted by molar-refractivity contribution is -0.0620. The molecule has 0 bridgehead atoms. The zero-order valence-corrected chi connectivity index (χ0v) is 13.4. The number of rotatable bonds is 9. The van der Waals surface area contributed by atoms with Crippen LogP contribution in [0.25, 0.3) is 0 Å². The van der Waals surface area contributed by atoms with Gasteiger partial charge < -0.3 is 24.4 Å². The Balaban J connectivity index is 0. The molecule has 0 spiro atoms. The quantitative estimate of drug-likeness (QED) is 0.637. The van der Waals surface area contributed by atoms with Crippen molar-refractivity contribution >= 4 is 0 Å². The highest BCUT2D eigenvalue weighted by Gasteiger charge is 2.06. The first-order valence-electron chi connectivity index (χ1n) is 6.70. The average Bonchev–Trinajstić information content (AvgIpc) is 2.32. The van der Waals surface area contributed by atoms with E-state index in [9.17, 15) is 0 Å². The molecular formula is C15H30O5. The minimum atomic E-state index is -0.447. The zero-order valence-electron chi connectivity index (χ0n) is 13.4. The van der Waals surface area contributed by atoms with Crippen LogP contribution in [0.1, 0.15) is 34.6 Å². The number of hydrogen-bond donors (Lipinski definition) is 2.